The summed E-state index contributed by atoms with van der Waals surface area (Å²) in [4.78, 5) is 3.99. The van der Waals surface area contributed by atoms with Crippen LogP contribution in [0.1, 0.15) is 25.7 Å². The van der Waals surface area contributed by atoms with Crippen molar-refractivity contribution in [2.24, 2.45) is 0 Å². The lowest BCUT2D eigenvalue weighted by Crippen LogP contribution is -2.39. The molecule has 1 N–H and O–H groups in total. The number of alkyl halides is 3. The van der Waals surface area contributed by atoms with Gasteiger partial charge in [0.05, 0.1) is 4.90 Å². The Hall–Kier alpha value is -2.33. The molecule has 1 aliphatic rings. The van der Waals surface area contributed by atoms with Crippen LogP contribution in [0.4, 0.5) is 13.2 Å². The molecule has 0 bridgehead atoms. The number of ether oxygens (including phenoxy) is 2. The Morgan fingerprint density at radius 1 is 1.00 bits per heavy atom. The van der Waals surface area contributed by atoms with Crippen molar-refractivity contribution in [3.8, 4) is 11.6 Å². The second-order valence-electron chi connectivity index (χ2n) is 6.40. The number of hydrogen-bond acceptors (Lipinski definition) is 5. The smallest absolute Gasteiger partial charge is 0.474 e. The minimum atomic E-state index is -4.82. The van der Waals surface area contributed by atoms with Crippen molar-refractivity contribution in [2.45, 2.75) is 49.1 Å². The van der Waals surface area contributed by atoms with Crippen LogP contribution in [-0.2, 0) is 10.0 Å². The maximum absolute atomic E-state index is 12.5. The van der Waals surface area contributed by atoms with E-state index in [9.17, 15) is 21.6 Å². The van der Waals surface area contributed by atoms with Gasteiger partial charge in [-0.2, -0.15) is 0 Å². The topological polar surface area (TPSA) is 77.5 Å². The van der Waals surface area contributed by atoms with Crippen molar-refractivity contribution in [3.63, 3.8) is 0 Å². The van der Waals surface area contributed by atoms with E-state index in [0.717, 1.165) is 24.3 Å². The van der Waals surface area contributed by atoms with E-state index in [4.69, 9.17) is 4.74 Å². The van der Waals surface area contributed by atoms with Gasteiger partial charge in [0.1, 0.15) is 11.9 Å². The van der Waals surface area contributed by atoms with Gasteiger partial charge in [-0.25, -0.2) is 18.1 Å². The van der Waals surface area contributed by atoms with E-state index in [2.05, 4.69) is 14.4 Å². The first-order chi connectivity index (χ1) is 13.2. The van der Waals surface area contributed by atoms with Crippen LogP contribution in [0.2, 0.25) is 0 Å². The number of nitrogens with one attached hydrogen (secondary N) is 1. The number of aromatic nitrogens is 1. The van der Waals surface area contributed by atoms with Crippen LogP contribution in [0.5, 0.6) is 11.6 Å². The number of halogens is 3. The third-order valence-corrected chi connectivity index (χ3v) is 5.83. The van der Waals surface area contributed by atoms with Gasteiger partial charge in [-0.1, -0.05) is 6.07 Å². The van der Waals surface area contributed by atoms with E-state index >= 15 is 0 Å². The quantitative estimate of drug-likeness (QED) is 0.778. The largest absolute Gasteiger partial charge is 0.573 e. The summed E-state index contributed by atoms with van der Waals surface area (Å²) < 4.78 is 73.6. The van der Waals surface area contributed by atoms with Crippen LogP contribution in [0, 0.1) is 0 Å². The number of nitrogens with zero attached hydrogens (tertiary/aromatic N) is 1. The van der Waals surface area contributed by atoms with Crippen molar-refractivity contribution in [3.05, 3.63) is 48.7 Å². The van der Waals surface area contributed by atoms with Crippen LogP contribution < -0.4 is 14.2 Å². The minimum absolute atomic E-state index is 0.0329. The Bertz CT molecular complexity index is 866. The molecule has 1 aromatic carbocycles. The SMILES string of the molecule is O=S(=O)(NC1CCC(Oc2ccccn2)CC1)c1ccc(OC(F)(F)F)cc1. The summed E-state index contributed by atoms with van der Waals surface area (Å²) in [5.74, 6) is 0.0614. The molecule has 152 valence electrons. The molecule has 6 nitrogen and oxygen atoms in total. The van der Waals surface area contributed by atoms with Crippen molar-refractivity contribution in [1.29, 1.82) is 0 Å². The Labute approximate surface area is 160 Å². The molecule has 1 aromatic heterocycles. The second-order valence-corrected chi connectivity index (χ2v) is 8.11. The molecule has 1 saturated carbocycles. The molecule has 10 heteroatoms. The van der Waals surface area contributed by atoms with Crippen LogP contribution in [0.25, 0.3) is 0 Å². The van der Waals surface area contributed by atoms with Gasteiger partial charge in [-0.3, -0.25) is 0 Å². The van der Waals surface area contributed by atoms with Crippen molar-refractivity contribution in [2.75, 3.05) is 0 Å². The number of sulfonamides is 1. The number of benzene rings is 1. The maximum atomic E-state index is 12.5. The van der Waals surface area contributed by atoms with Crippen LogP contribution in [-0.4, -0.2) is 31.9 Å². The Morgan fingerprint density at radius 2 is 1.68 bits per heavy atom. The summed E-state index contributed by atoms with van der Waals surface area (Å²) >= 11 is 0. The number of pyridine rings is 1. The van der Waals surface area contributed by atoms with Crippen LogP contribution in [0.15, 0.2) is 53.6 Å². The number of rotatable bonds is 6. The Balaban J connectivity index is 1.53. The lowest BCUT2D eigenvalue weighted by molar-refractivity contribution is -0.274. The van der Waals surface area contributed by atoms with E-state index in [1.54, 1.807) is 18.3 Å². The molecule has 28 heavy (non-hydrogen) atoms. The average molecular weight is 416 g/mol. The van der Waals surface area contributed by atoms with E-state index in [0.29, 0.717) is 31.6 Å². The van der Waals surface area contributed by atoms with Gasteiger partial charge in [0, 0.05) is 18.3 Å². The standard InChI is InChI=1S/C18H19F3N2O4S/c19-18(20,21)27-15-8-10-16(11-9-15)28(24,25)23-13-4-6-14(7-5-13)26-17-3-1-2-12-22-17/h1-3,8-14,23H,4-7H2. The van der Waals surface area contributed by atoms with Gasteiger partial charge < -0.3 is 9.47 Å². The fourth-order valence-corrected chi connectivity index (χ4v) is 4.30. The average Bonchev–Trinajstić information content (AvgIpc) is 2.63. The molecule has 2 aromatic rings. The molecule has 0 unspecified atom stereocenters. The zero-order valence-electron chi connectivity index (χ0n) is 14.7. The first kappa shape index (κ1) is 20.4. The summed E-state index contributed by atoms with van der Waals surface area (Å²) in [6.45, 7) is 0. The van der Waals surface area contributed by atoms with Crippen LogP contribution >= 0.6 is 0 Å². The lowest BCUT2D eigenvalue weighted by Gasteiger charge is -2.29. The summed E-state index contributed by atoms with van der Waals surface area (Å²) in [5.41, 5.74) is 0. The number of hydrogen-bond donors (Lipinski definition) is 1. The highest BCUT2D eigenvalue weighted by Crippen LogP contribution is 2.26. The van der Waals surface area contributed by atoms with E-state index in [1.807, 2.05) is 6.07 Å². The molecule has 0 saturated heterocycles. The minimum Gasteiger partial charge on any atom is -0.474 e. The third-order valence-electron chi connectivity index (χ3n) is 4.29. The highest BCUT2D eigenvalue weighted by molar-refractivity contribution is 7.89. The molecular weight excluding hydrogens is 397 g/mol. The Kier molecular flexibility index (Phi) is 6.09. The van der Waals surface area contributed by atoms with E-state index in [-0.39, 0.29) is 17.0 Å². The molecular formula is C18H19F3N2O4S. The second kappa shape index (κ2) is 8.36. The third kappa shape index (κ3) is 5.83. The van der Waals surface area contributed by atoms with Gasteiger partial charge >= 0.3 is 6.36 Å². The fourth-order valence-electron chi connectivity index (χ4n) is 2.99. The molecule has 3 rings (SSSR count). The van der Waals surface area contributed by atoms with Crippen LogP contribution in [0.3, 0.4) is 0 Å². The summed E-state index contributed by atoms with van der Waals surface area (Å²) in [7, 11) is -3.84. The summed E-state index contributed by atoms with van der Waals surface area (Å²) in [6, 6.07) is 9.23. The lowest BCUT2D eigenvalue weighted by atomic mass is 9.94. The Morgan fingerprint density at radius 3 is 2.25 bits per heavy atom. The highest BCUT2D eigenvalue weighted by Gasteiger charge is 2.31. The van der Waals surface area contributed by atoms with Gasteiger partial charge in [0.2, 0.25) is 15.9 Å². The predicted octanol–water partition coefficient (Wildman–Crippen LogP) is 3.65. The molecule has 0 atom stereocenters. The van der Waals surface area contributed by atoms with Crippen molar-refractivity contribution < 1.29 is 31.1 Å². The van der Waals surface area contributed by atoms with E-state index in [1.165, 1.54) is 0 Å². The van der Waals surface area contributed by atoms with E-state index < -0.39 is 22.1 Å². The molecule has 0 radical (unpaired) electrons. The van der Waals surface area contributed by atoms with Gasteiger partial charge in [0.25, 0.3) is 0 Å². The molecule has 1 heterocycles. The molecule has 1 aliphatic carbocycles. The highest BCUT2D eigenvalue weighted by atomic mass is 32.2. The normalized spacial score (nSPS) is 20.5. The summed E-state index contributed by atoms with van der Waals surface area (Å²) in [6.07, 6.45) is -0.703. The van der Waals surface area contributed by atoms with Gasteiger partial charge in [-0.05, 0) is 56.0 Å². The molecule has 0 amide bonds. The monoisotopic (exact) mass is 416 g/mol. The molecule has 1 fully saturated rings. The summed E-state index contributed by atoms with van der Waals surface area (Å²) in [5, 5.41) is 0. The van der Waals surface area contributed by atoms with Gasteiger partial charge in [-0.15, -0.1) is 13.2 Å². The maximum Gasteiger partial charge on any atom is 0.573 e. The van der Waals surface area contributed by atoms with Crippen molar-refractivity contribution in [1.82, 2.24) is 9.71 Å². The fraction of sp³-hybridized carbons (Fsp3) is 0.389. The zero-order chi connectivity index (χ0) is 20.2. The predicted molar refractivity (Wildman–Crippen MR) is 94.4 cm³/mol. The van der Waals surface area contributed by atoms with Gasteiger partial charge in [0.15, 0.2) is 0 Å². The molecule has 0 aliphatic heterocycles. The molecule has 0 spiro atoms. The first-order valence-electron chi connectivity index (χ1n) is 8.67. The first-order valence-corrected chi connectivity index (χ1v) is 10.2. The van der Waals surface area contributed by atoms with Crippen molar-refractivity contribution >= 4 is 10.0 Å². The zero-order valence-corrected chi connectivity index (χ0v) is 15.5.